The molecule has 70 valence electrons. The number of aliphatic hydroxyl groups is 1. The average molecular weight is 168 g/mol. The predicted molar refractivity (Wildman–Crippen MR) is 52.0 cm³/mol. The van der Waals surface area contributed by atoms with Crippen LogP contribution in [0.4, 0.5) is 0 Å². The van der Waals surface area contributed by atoms with E-state index in [1.807, 2.05) is 6.08 Å². The van der Waals surface area contributed by atoms with Crippen molar-refractivity contribution in [2.75, 3.05) is 0 Å². The van der Waals surface area contributed by atoms with E-state index in [2.05, 4.69) is 19.9 Å². The highest BCUT2D eigenvalue weighted by Crippen LogP contribution is 2.31. The molecule has 1 heteroatoms. The maximum absolute atomic E-state index is 10.2. The van der Waals surface area contributed by atoms with Crippen LogP contribution in [-0.4, -0.2) is 10.7 Å². The second kappa shape index (κ2) is 4.08. The summed E-state index contributed by atoms with van der Waals surface area (Å²) < 4.78 is 0. The maximum Gasteiger partial charge on any atom is 0.0853 e. The molecule has 0 heterocycles. The van der Waals surface area contributed by atoms with Gasteiger partial charge >= 0.3 is 0 Å². The standard InChI is InChI=1S/C11H20O/c1-3-7-10(2)11(12)8-5-4-6-9-11/h5,8,10,12H,3-4,6-7,9H2,1-2H3. The van der Waals surface area contributed by atoms with Gasteiger partial charge in [0.1, 0.15) is 0 Å². The summed E-state index contributed by atoms with van der Waals surface area (Å²) in [6, 6.07) is 0. The molecular weight excluding hydrogens is 148 g/mol. The van der Waals surface area contributed by atoms with Crippen LogP contribution in [0.1, 0.15) is 46.0 Å². The van der Waals surface area contributed by atoms with E-state index in [-0.39, 0.29) is 0 Å². The summed E-state index contributed by atoms with van der Waals surface area (Å²) in [5.41, 5.74) is -0.492. The molecule has 1 nitrogen and oxygen atoms in total. The Morgan fingerprint density at radius 1 is 1.58 bits per heavy atom. The molecule has 0 aliphatic heterocycles. The quantitative estimate of drug-likeness (QED) is 0.642. The minimum Gasteiger partial charge on any atom is -0.386 e. The van der Waals surface area contributed by atoms with Gasteiger partial charge in [0.15, 0.2) is 0 Å². The highest BCUT2D eigenvalue weighted by Gasteiger charge is 2.30. The van der Waals surface area contributed by atoms with E-state index in [0.717, 1.165) is 32.1 Å². The monoisotopic (exact) mass is 168 g/mol. The Kier molecular flexibility index (Phi) is 3.33. The zero-order valence-corrected chi connectivity index (χ0v) is 8.21. The fraction of sp³-hybridized carbons (Fsp3) is 0.818. The lowest BCUT2D eigenvalue weighted by Gasteiger charge is -2.33. The zero-order valence-electron chi connectivity index (χ0n) is 8.21. The molecule has 1 rings (SSSR count). The first kappa shape index (κ1) is 9.79. The van der Waals surface area contributed by atoms with Crippen LogP contribution in [0, 0.1) is 5.92 Å². The van der Waals surface area contributed by atoms with Crippen molar-refractivity contribution >= 4 is 0 Å². The summed E-state index contributed by atoms with van der Waals surface area (Å²) in [5.74, 6) is 0.416. The van der Waals surface area contributed by atoms with Crippen LogP contribution in [0.5, 0.6) is 0 Å². The lowest BCUT2D eigenvalue weighted by Crippen LogP contribution is -2.35. The van der Waals surface area contributed by atoms with Gasteiger partial charge in [0, 0.05) is 0 Å². The van der Waals surface area contributed by atoms with Crippen LogP contribution >= 0.6 is 0 Å². The molecule has 1 aliphatic rings. The molecule has 0 bridgehead atoms. The third-order valence-electron chi connectivity index (χ3n) is 2.93. The fourth-order valence-electron chi connectivity index (χ4n) is 1.97. The summed E-state index contributed by atoms with van der Waals surface area (Å²) in [6.07, 6.45) is 9.65. The zero-order chi connectivity index (χ0) is 9.03. The Morgan fingerprint density at radius 3 is 2.83 bits per heavy atom. The first-order valence-electron chi connectivity index (χ1n) is 5.09. The van der Waals surface area contributed by atoms with E-state index in [1.165, 1.54) is 0 Å². The van der Waals surface area contributed by atoms with Crippen molar-refractivity contribution in [1.82, 2.24) is 0 Å². The van der Waals surface area contributed by atoms with Crippen molar-refractivity contribution in [2.45, 2.75) is 51.6 Å². The summed E-state index contributed by atoms with van der Waals surface area (Å²) >= 11 is 0. The second-order valence-corrected chi connectivity index (χ2v) is 3.98. The third-order valence-corrected chi connectivity index (χ3v) is 2.93. The Bertz CT molecular complexity index is 162. The van der Waals surface area contributed by atoms with Gasteiger partial charge < -0.3 is 5.11 Å². The normalized spacial score (nSPS) is 31.9. The summed E-state index contributed by atoms with van der Waals surface area (Å²) in [5, 5.41) is 10.2. The minimum atomic E-state index is -0.492. The summed E-state index contributed by atoms with van der Waals surface area (Å²) in [6.45, 7) is 4.32. The van der Waals surface area contributed by atoms with E-state index >= 15 is 0 Å². The lowest BCUT2D eigenvalue weighted by atomic mass is 9.79. The average Bonchev–Trinajstić information content (AvgIpc) is 2.06. The van der Waals surface area contributed by atoms with Crippen molar-refractivity contribution in [1.29, 1.82) is 0 Å². The van der Waals surface area contributed by atoms with Crippen LogP contribution in [0.2, 0.25) is 0 Å². The molecule has 0 aromatic heterocycles. The van der Waals surface area contributed by atoms with Gasteiger partial charge in [0.2, 0.25) is 0 Å². The summed E-state index contributed by atoms with van der Waals surface area (Å²) in [4.78, 5) is 0. The first-order valence-corrected chi connectivity index (χ1v) is 5.09. The van der Waals surface area contributed by atoms with Gasteiger partial charge in [-0.1, -0.05) is 32.4 Å². The molecule has 0 saturated heterocycles. The largest absolute Gasteiger partial charge is 0.386 e. The second-order valence-electron chi connectivity index (χ2n) is 3.98. The van der Waals surface area contributed by atoms with Crippen molar-refractivity contribution in [3.8, 4) is 0 Å². The van der Waals surface area contributed by atoms with Gasteiger partial charge in [0.05, 0.1) is 5.60 Å². The van der Waals surface area contributed by atoms with E-state index in [9.17, 15) is 5.11 Å². The maximum atomic E-state index is 10.2. The van der Waals surface area contributed by atoms with Crippen LogP contribution < -0.4 is 0 Å². The van der Waals surface area contributed by atoms with Gasteiger partial charge in [-0.25, -0.2) is 0 Å². The minimum absolute atomic E-state index is 0.416. The number of allylic oxidation sites excluding steroid dienone is 1. The number of hydrogen-bond acceptors (Lipinski definition) is 1. The SMILES string of the molecule is CCCC(C)C1(O)C=CCCC1. The highest BCUT2D eigenvalue weighted by molar-refractivity contribution is 5.06. The Hall–Kier alpha value is -0.300. The molecule has 1 N–H and O–H groups in total. The molecule has 0 radical (unpaired) electrons. The smallest absolute Gasteiger partial charge is 0.0853 e. The Balaban J connectivity index is 2.56. The van der Waals surface area contributed by atoms with E-state index in [0.29, 0.717) is 5.92 Å². The van der Waals surface area contributed by atoms with E-state index in [1.54, 1.807) is 0 Å². The molecule has 1 aliphatic carbocycles. The topological polar surface area (TPSA) is 20.2 Å². The van der Waals surface area contributed by atoms with E-state index in [4.69, 9.17) is 0 Å². The van der Waals surface area contributed by atoms with Crippen LogP contribution in [-0.2, 0) is 0 Å². The molecule has 0 spiro atoms. The van der Waals surface area contributed by atoms with Crippen LogP contribution in [0.3, 0.4) is 0 Å². The van der Waals surface area contributed by atoms with Gasteiger partial charge in [0.25, 0.3) is 0 Å². The van der Waals surface area contributed by atoms with Crippen molar-refractivity contribution in [3.05, 3.63) is 12.2 Å². The fourth-order valence-corrected chi connectivity index (χ4v) is 1.97. The molecule has 0 fully saturated rings. The van der Waals surface area contributed by atoms with Crippen LogP contribution in [0.15, 0.2) is 12.2 Å². The Labute approximate surface area is 75.5 Å². The molecule has 12 heavy (non-hydrogen) atoms. The van der Waals surface area contributed by atoms with Gasteiger partial charge in [-0.05, 0) is 31.6 Å². The number of rotatable bonds is 3. The first-order chi connectivity index (χ1) is 5.69. The molecule has 2 atom stereocenters. The Morgan fingerprint density at radius 2 is 2.33 bits per heavy atom. The number of hydrogen-bond donors (Lipinski definition) is 1. The molecule has 2 unspecified atom stereocenters. The molecule has 0 aromatic rings. The van der Waals surface area contributed by atoms with Gasteiger partial charge in [-0.3, -0.25) is 0 Å². The van der Waals surface area contributed by atoms with E-state index < -0.39 is 5.60 Å². The lowest BCUT2D eigenvalue weighted by molar-refractivity contribution is 0.0178. The molecular formula is C11H20O. The van der Waals surface area contributed by atoms with Crippen molar-refractivity contribution in [2.24, 2.45) is 5.92 Å². The van der Waals surface area contributed by atoms with Crippen LogP contribution in [0.25, 0.3) is 0 Å². The van der Waals surface area contributed by atoms with Gasteiger partial charge in [-0.2, -0.15) is 0 Å². The third kappa shape index (κ3) is 2.10. The highest BCUT2D eigenvalue weighted by atomic mass is 16.3. The molecule has 0 aromatic carbocycles. The summed E-state index contributed by atoms with van der Waals surface area (Å²) in [7, 11) is 0. The van der Waals surface area contributed by atoms with Crippen molar-refractivity contribution in [3.63, 3.8) is 0 Å². The van der Waals surface area contributed by atoms with Gasteiger partial charge in [-0.15, -0.1) is 0 Å². The molecule has 0 amide bonds. The molecule has 0 saturated carbocycles. The van der Waals surface area contributed by atoms with Crippen molar-refractivity contribution < 1.29 is 5.11 Å². The predicted octanol–water partition coefficient (Wildman–Crippen LogP) is 2.89.